The molecule has 2 rings (SSSR count). The summed E-state index contributed by atoms with van der Waals surface area (Å²) in [4.78, 5) is 8.72. The molecule has 1 unspecified atom stereocenters. The van der Waals surface area contributed by atoms with Crippen LogP contribution in [0.1, 0.15) is 11.7 Å². The van der Waals surface area contributed by atoms with Crippen molar-refractivity contribution in [2.45, 2.75) is 16.5 Å². The molecular formula is C15H12F4N2O5S. The summed E-state index contributed by atoms with van der Waals surface area (Å²) in [5, 5.41) is 23.5. The number of alkyl halides is 3. The monoisotopic (exact) mass is 408 g/mol. The van der Waals surface area contributed by atoms with Crippen LogP contribution in [0.2, 0.25) is 0 Å². The van der Waals surface area contributed by atoms with E-state index in [0.29, 0.717) is 6.07 Å². The van der Waals surface area contributed by atoms with Gasteiger partial charge in [0.05, 0.1) is 15.9 Å². The number of hydrogen-bond donors (Lipinski definition) is 2. The molecule has 0 aliphatic carbocycles. The molecule has 0 saturated heterocycles. The lowest BCUT2D eigenvalue weighted by Gasteiger charge is -2.14. The Morgan fingerprint density at radius 1 is 1.19 bits per heavy atom. The number of aliphatic hydroxyl groups is 1. The van der Waals surface area contributed by atoms with Crippen molar-refractivity contribution < 1.29 is 36.0 Å². The van der Waals surface area contributed by atoms with Crippen molar-refractivity contribution in [3.05, 3.63) is 64.0 Å². The Hall–Kier alpha value is -2.73. The zero-order valence-corrected chi connectivity index (χ0v) is 14.1. The average molecular weight is 408 g/mol. The van der Waals surface area contributed by atoms with Crippen LogP contribution in [0.25, 0.3) is 0 Å². The van der Waals surface area contributed by atoms with Crippen molar-refractivity contribution in [2.75, 3.05) is 11.9 Å². The normalized spacial score (nSPS) is 13.2. The smallest absolute Gasteiger partial charge is 0.386 e. The van der Waals surface area contributed by atoms with Gasteiger partial charge in [-0.2, -0.15) is 13.2 Å². The van der Waals surface area contributed by atoms with E-state index in [2.05, 4.69) is 5.32 Å². The largest absolute Gasteiger partial charge is 0.501 e. The fourth-order valence-corrected chi connectivity index (χ4v) is 2.96. The molecule has 2 aromatic rings. The molecule has 0 aromatic heterocycles. The van der Waals surface area contributed by atoms with Crippen molar-refractivity contribution in [3.63, 3.8) is 0 Å². The number of benzene rings is 2. The van der Waals surface area contributed by atoms with Gasteiger partial charge >= 0.3 is 5.51 Å². The summed E-state index contributed by atoms with van der Waals surface area (Å²) in [5.41, 5.74) is -6.99. The van der Waals surface area contributed by atoms with Crippen LogP contribution in [-0.2, 0) is 9.84 Å². The molecule has 1 atom stereocenters. The van der Waals surface area contributed by atoms with Crippen LogP contribution < -0.4 is 5.32 Å². The fourth-order valence-electron chi connectivity index (χ4n) is 2.17. The molecule has 0 aliphatic rings. The molecule has 0 spiro atoms. The summed E-state index contributed by atoms with van der Waals surface area (Å²) < 4.78 is 74.1. The Bertz CT molecular complexity index is 963. The van der Waals surface area contributed by atoms with E-state index in [-0.39, 0.29) is 17.3 Å². The Morgan fingerprint density at radius 3 is 2.37 bits per heavy atom. The zero-order valence-electron chi connectivity index (χ0n) is 13.3. The van der Waals surface area contributed by atoms with E-state index in [9.17, 15) is 41.2 Å². The van der Waals surface area contributed by atoms with Crippen LogP contribution in [0.3, 0.4) is 0 Å². The van der Waals surface area contributed by atoms with Crippen molar-refractivity contribution in [3.8, 4) is 0 Å². The third kappa shape index (κ3) is 4.34. The van der Waals surface area contributed by atoms with E-state index < -0.39 is 49.3 Å². The van der Waals surface area contributed by atoms with E-state index >= 15 is 0 Å². The van der Waals surface area contributed by atoms with Gasteiger partial charge in [0, 0.05) is 18.2 Å². The van der Waals surface area contributed by atoms with E-state index in [1.807, 2.05) is 0 Å². The van der Waals surface area contributed by atoms with Gasteiger partial charge in [0.2, 0.25) is 0 Å². The highest BCUT2D eigenvalue weighted by Crippen LogP contribution is 2.35. The highest BCUT2D eigenvalue weighted by molar-refractivity contribution is 7.92. The van der Waals surface area contributed by atoms with E-state index in [1.165, 1.54) is 18.2 Å². The number of nitro groups is 1. The van der Waals surface area contributed by atoms with Gasteiger partial charge in [-0.25, -0.2) is 12.8 Å². The molecule has 0 fully saturated rings. The van der Waals surface area contributed by atoms with Crippen molar-refractivity contribution in [1.29, 1.82) is 0 Å². The Morgan fingerprint density at radius 2 is 1.81 bits per heavy atom. The van der Waals surface area contributed by atoms with Crippen LogP contribution in [-0.4, -0.2) is 30.5 Å². The molecule has 7 nitrogen and oxygen atoms in total. The van der Waals surface area contributed by atoms with Gasteiger partial charge in [0.15, 0.2) is 0 Å². The van der Waals surface area contributed by atoms with Gasteiger partial charge in [0.25, 0.3) is 15.5 Å². The van der Waals surface area contributed by atoms with E-state index in [0.717, 1.165) is 12.1 Å². The number of sulfone groups is 1. The average Bonchev–Trinajstić information content (AvgIpc) is 2.58. The second-order valence-corrected chi connectivity index (χ2v) is 7.24. The molecule has 0 heterocycles. The molecular weight excluding hydrogens is 396 g/mol. The summed E-state index contributed by atoms with van der Waals surface area (Å²) in [6, 6.07) is 6.82. The summed E-state index contributed by atoms with van der Waals surface area (Å²) in [6.07, 6.45) is -1.41. The number of nitrogens with zero attached hydrogens (tertiary/aromatic N) is 1. The summed E-state index contributed by atoms with van der Waals surface area (Å²) in [5.74, 6) is -0.715. The summed E-state index contributed by atoms with van der Waals surface area (Å²) >= 11 is 0. The van der Waals surface area contributed by atoms with Crippen LogP contribution in [0.4, 0.5) is 28.9 Å². The quantitative estimate of drug-likeness (QED) is 0.432. The second-order valence-electron chi connectivity index (χ2n) is 5.30. The lowest BCUT2D eigenvalue weighted by atomic mass is 10.1. The predicted octanol–water partition coefficient (Wildman–Crippen LogP) is 3.17. The highest BCUT2D eigenvalue weighted by Gasteiger charge is 2.47. The first-order valence-corrected chi connectivity index (χ1v) is 8.69. The number of rotatable bonds is 6. The molecule has 0 radical (unpaired) electrons. The molecule has 0 amide bonds. The lowest BCUT2D eigenvalue weighted by molar-refractivity contribution is -0.384. The van der Waals surface area contributed by atoms with Crippen LogP contribution in [0.5, 0.6) is 0 Å². The Balaban J connectivity index is 2.30. The van der Waals surface area contributed by atoms with Gasteiger partial charge in [-0.3, -0.25) is 10.1 Å². The predicted molar refractivity (Wildman–Crippen MR) is 86.2 cm³/mol. The SMILES string of the molecule is O=[N+]([O-])c1cc(S(=O)(=O)C(F)(F)F)ccc1NCC(O)c1ccccc1F. The number of anilines is 1. The molecule has 0 bridgehead atoms. The third-order valence-corrected chi connectivity index (χ3v) is 5.01. The maximum absolute atomic E-state index is 13.6. The fraction of sp³-hybridized carbons (Fsp3) is 0.200. The van der Waals surface area contributed by atoms with E-state index in [4.69, 9.17) is 0 Å². The first kappa shape index (κ1) is 20.6. The third-order valence-electron chi connectivity index (χ3n) is 3.53. The van der Waals surface area contributed by atoms with Crippen LogP contribution in [0, 0.1) is 15.9 Å². The van der Waals surface area contributed by atoms with Crippen molar-refractivity contribution in [2.24, 2.45) is 0 Å². The number of nitro benzene ring substituents is 1. The molecule has 12 heteroatoms. The molecule has 146 valence electrons. The number of aliphatic hydroxyl groups excluding tert-OH is 1. The van der Waals surface area contributed by atoms with Crippen molar-refractivity contribution >= 4 is 21.2 Å². The second kappa shape index (κ2) is 7.48. The van der Waals surface area contributed by atoms with Gasteiger partial charge in [-0.1, -0.05) is 18.2 Å². The van der Waals surface area contributed by atoms with Gasteiger partial charge in [-0.05, 0) is 18.2 Å². The van der Waals surface area contributed by atoms with Gasteiger partial charge in [0.1, 0.15) is 11.5 Å². The molecule has 0 aliphatic heterocycles. The maximum atomic E-state index is 13.6. The Kier molecular flexibility index (Phi) is 5.70. The van der Waals surface area contributed by atoms with Crippen LogP contribution in [0.15, 0.2) is 47.4 Å². The number of halogens is 4. The number of hydrogen-bond acceptors (Lipinski definition) is 6. The molecule has 27 heavy (non-hydrogen) atoms. The molecule has 0 saturated carbocycles. The minimum atomic E-state index is -5.76. The molecule has 2 N–H and O–H groups in total. The highest BCUT2D eigenvalue weighted by atomic mass is 32.2. The zero-order chi connectivity index (χ0) is 20.4. The van der Waals surface area contributed by atoms with Gasteiger partial charge in [-0.15, -0.1) is 0 Å². The Labute approximate surface area is 150 Å². The standard InChI is InChI=1S/C15H12F4N2O5S/c16-11-4-2-1-3-10(11)14(22)8-20-12-6-5-9(7-13(12)21(23)24)27(25,26)15(17,18)19/h1-7,14,20,22H,8H2. The minimum absolute atomic E-state index is 0.0936. The maximum Gasteiger partial charge on any atom is 0.501 e. The van der Waals surface area contributed by atoms with E-state index in [1.54, 1.807) is 0 Å². The minimum Gasteiger partial charge on any atom is -0.386 e. The first-order valence-electron chi connectivity index (χ1n) is 7.21. The lowest BCUT2D eigenvalue weighted by Crippen LogP contribution is -2.23. The van der Waals surface area contributed by atoms with Crippen LogP contribution >= 0.6 is 0 Å². The van der Waals surface area contributed by atoms with Crippen molar-refractivity contribution in [1.82, 2.24) is 0 Å². The summed E-state index contributed by atoms with van der Waals surface area (Å²) in [6.45, 7) is -0.410. The summed E-state index contributed by atoms with van der Waals surface area (Å²) in [7, 11) is -5.76. The topological polar surface area (TPSA) is 110 Å². The van der Waals surface area contributed by atoms with Gasteiger partial charge < -0.3 is 10.4 Å². The first-order chi connectivity index (χ1) is 12.4. The molecule has 2 aromatic carbocycles. The number of nitrogens with one attached hydrogen (secondary N) is 1.